The first-order valence-electron chi connectivity index (χ1n) is 15.4. The lowest BCUT2D eigenvalue weighted by Crippen LogP contribution is -2.39. The van der Waals surface area contributed by atoms with Crippen LogP contribution in [0.3, 0.4) is 0 Å². The van der Waals surface area contributed by atoms with Gasteiger partial charge in [0.15, 0.2) is 0 Å². The Labute approximate surface area is 243 Å². The first kappa shape index (κ1) is 31.9. The molecule has 0 amide bonds. The maximum absolute atomic E-state index is 13.3. The Morgan fingerprint density at radius 1 is 0.950 bits per heavy atom. The number of fused-ring (bicyclic) bond motifs is 3. The van der Waals surface area contributed by atoms with Crippen molar-refractivity contribution >= 4 is 15.8 Å². The lowest BCUT2D eigenvalue weighted by molar-refractivity contribution is -0.124. The molecule has 0 unspecified atom stereocenters. The van der Waals surface area contributed by atoms with Crippen LogP contribution in [0.2, 0.25) is 0 Å². The minimum Gasteiger partial charge on any atom is -0.299 e. The van der Waals surface area contributed by atoms with E-state index < -0.39 is 15.4 Å². The molecular weight excluding hydrogens is 514 g/mol. The van der Waals surface area contributed by atoms with E-state index in [1.165, 1.54) is 38.5 Å². The van der Waals surface area contributed by atoms with Crippen molar-refractivity contribution in [1.29, 1.82) is 0 Å². The first-order chi connectivity index (χ1) is 19.3. The number of Topliss-reactive ketones (excluding diaryl/α,β-unsaturated/α-hetero) is 1. The number of sulfonamides is 1. The predicted molar refractivity (Wildman–Crippen MR) is 166 cm³/mol. The molecule has 0 spiro atoms. The number of carbonyl (C=O) groups excluding carboxylic acids is 1. The zero-order chi connectivity index (χ0) is 28.8. The van der Waals surface area contributed by atoms with E-state index in [9.17, 15) is 13.2 Å². The molecule has 0 aromatic heterocycles. The summed E-state index contributed by atoms with van der Waals surface area (Å²) in [4.78, 5) is 13.0. The van der Waals surface area contributed by atoms with Crippen molar-refractivity contribution in [3.05, 3.63) is 65.9 Å². The van der Waals surface area contributed by atoms with Gasteiger partial charge in [-0.1, -0.05) is 99.4 Å². The van der Waals surface area contributed by atoms with Crippen LogP contribution >= 0.6 is 0 Å². The summed E-state index contributed by atoms with van der Waals surface area (Å²) in [5, 5.41) is 0. The number of hydrogen-bond donors (Lipinski definition) is 1. The number of terminal acetylenes is 1. The third kappa shape index (κ3) is 8.96. The Kier molecular flexibility index (Phi) is 12.8. The molecule has 0 aliphatic heterocycles. The van der Waals surface area contributed by atoms with E-state index >= 15 is 0 Å². The molecule has 3 aliphatic carbocycles. The van der Waals surface area contributed by atoms with Crippen LogP contribution < -0.4 is 4.72 Å². The van der Waals surface area contributed by atoms with Crippen molar-refractivity contribution in [3.63, 3.8) is 0 Å². The average Bonchev–Trinajstić information content (AvgIpc) is 3.14. The summed E-state index contributed by atoms with van der Waals surface area (Å²) >= 11 is 0. The molecule has 3 atom stereocenters. The van der Waals surface area contributed by atoms with Gasteiger partial charge in [-0.25, -0.2) is 8.42 Å². The quantitative estimate of drug-likeness (QED) is 0.117. The molecule has 1 aromatic carbocycles. The highest BCUT2D eigenvalue weighted by Crippen LogP contribution is 2.50. The predicted octanol–water partition coefficient (Wildman–Crippen LogP) is 8.59. The fourth-order valence-electron chi connectivity index (χ4n) is 6.07. The zero-order valence-corrected chi connectivity index (χ0v) is 25.5. The van der Waals surface area contributed by atoms with Gasteiger partial charge in [-0.05, 0) is 76.3 Å². The number of benzene rings is 1. The molecule has 0 radical (unpaired) electrons. The van der Waals surface area contributed by atoms with Gasteiger partial charge >= 0.3 is 0 Å². The Hall–Kier alpha value is -2.58. The van der Waals surface area contributed by atoms with E-state index in [4.69, 9.17) is 6.42 Å². The Morgan fingerprint density at radius 3 is 2.25 bits per heavy atom. The van der Waals surface area contributed by atoms with Crippen LogP contribution in [-0.4, -0.2) is 14.2 Å². The summed E-state index contributed by atoms with van der Waals surface area (Å²) in [7, 11) is -3.81. The van der Waals surface area contributed by atoms with Crippen LogP contribution in [0.5, 0.6) is 0 Å². The van der Waals surface area contributed by atoms with Gasteiger partial charge in [-0.3, -0.25) is 9.52 Å². The maximum Gasteiger partial charge on any atom is 0.261 e. The SMILES string of the molecule is C#C[C@@]1(CCCCCCC/C=C\C/C=C\CCCCC)C(NS(=O)(=O)c2ccc(C)cc2)=C[C@H]2CC[C@@H]1CC2=O. The van der Waals surface area contributed by atoms with Crippen molar-refractivity contribution in [2.24, 2.45) is 17.3 Å². The fraction of sp³-hybridized carbons (Fsp3) is 0.571. The molecular formula is C35H49NO3S. The molecule has 218 valence electrons. The van der Waals surface area contributed by atoms with Crippen LogP contribution in [0.4, 0.5) is 0 Å². The molecule has 4 nitrogen and oxygen atoms in total. The topological polar surface area (TPSA) is 63.2 Å². The lowest BCUT2D eigenvalue weighted by atomic mass is 9.66. The number of ketones is 1. The van der Waals surface area contributed by atoms with Crippen LogP contribution in [0.15, 0.2) is 65.2 Å². The van der Waals surface area contributed by atoms with Crippen molar-refractivity contribution in [2.75, 3.05) is 0 Å². The zero-order valence-electron chi connectivity index (χ0n) is 24.7. The largest absolute Gasteiger partial charge is 0.299 e. The van der Waals surface area contributed by atoms with Crippen LogP contribution in [0.25, 0.3) is 0 Å². The van der Waals surface area contributed by atoms with Gasteiger partial charge in [0.25, 0.3) is 10.0 Å². The smallest absolute Gasteiger partial charge is 0.261 e. The van der Waals surface area contributed by atoms with Crippen LogP contribution in [0, 0.1) is 36.5 Å². The van der Waals surface area contributed by atoms with E-state index in [0.717, 1.165) is 50.5 Å². The standard InChI is InChI=1S/C35H49NO3S/c1-4-6-7-8-9-10-11-12-13-14-15-16-17-18-19-26-35(5-2)31-23-22-30(33(37)28-31)27-34(35)36-40(38,39)32-24-20-29(3)21-25-32/h2,9-10,12-13,20-21,24-25,27,30-31,36H,4,6-8,11,14-19,22-23,26,28H2,1,3H3/b10-9-,13-12-/t30-,31-,35+/m1/s1. The monoisotopic (exact) mass is 563 g/mol. The van der Waals surface area contributed by atoms with E-state index in [-0.39, 0.29) is 22.5 Å². The van der Waals surface area contributed by atoms with Crippen molar-refractivity contribution in [2.45, 2.75) is 115 Å². The lowest BCUT2D eigenvalue weighted by Gasteiger charge is -2.38. The molecule has 1 fully saturated rings. The summed E-state index contributed by atoms with van der Waals surface area (Å²) in [5.41, 5.74) is 0.778. The molecule has 4 rings (SSSR count). The van der Waals surface area contributed by atoms with Crippen LogP contribution in [-0.2, 0) is 14.8 Å². The van der Waals surface area contributed by atoms with Gasteiger partial charge in [0.1, 0.15) is 5.78 Å². The number of carbonyl (C=O) groups is 1. The van der Waals surface area contributed by atoms with E-state index in [1.807, 2.05) is 13.0 Å². The second-order valence-electron chi connectivity index (χ2n) is 11.6. The fourth-order valence-corrected chi connectivity index (χ4v) is 7.22. The Morgan fingerprint density at radius 2 is 1.60 bits per heavy atom. The molecule has 1 saturated carbocycles. The number of allylic oxidation sites excluding steroid dienone is 6. The molecule has 0 heterocycles. The summed E-state index contributed by atoms with van der Waals surface area (Å²) in [6.45, 7) is 4.16. The van der Waals surface area contributed by atoms with Gasteiger partial charge < -0.3 is 0 Å². The Balaban J connectivity index is 1.52. The second kappa shape index (κ2) is 16.0. The highest BCUT2D eigenvalue weighted by atomic mass is 32.2. The summed E-state index contributed by atoms with van der Waals surface area (Å²) in [5.74, 6) is 2.92. The number of hydrogen-bond acceptors (Lipinski definition) is 3. The van der Waals surface area contributed by atoms with Crippen molar-refractivity contribution < 1.29 is 13.2 Å². The molecule has 5 heteroatoms. The minimum absolute atomic E-state index is 0.0263. The minimum atomic E-state index is -3.81. The Bertz CT molecular complexity index is 1190. The van der Waals surface area contributed by atoms with Crippen molar-refractivity contribution in [1.82, 2.24) is 4.72 Å². The van der Waals surface area contributed by atoms with Gasteiger partial charge in [0.2, 0.25) is 0 Å². The normalized spacial score (nSPS) is 22.9. The van der Waals surface area contributed by atoms with Crippen LogP contribution in [0.1, 0.15) is 109 Å². The highest BCUT2D eigenvalue weighted by molar-refractivity contribution is 7.89. The number of nitrogens with one attached hydrogen (secondary N) is 1. The van der Waals surface area contributed by atoms with Gasteiger partial charge in [-0.2, -0.15) is 0 Å². The molecule has 3 aliphatic rings. The van der Waals surface area contributed by atoms with E-state index in [1.54, 1.807) is 24.3 Å². The molecule has 40 heavy (non-hydrogen) atoms. The van der Waals surface area contributed by atoms with Gasteiger partial charge in [0.05, 0.1) is 10.3 Å². The average molecular weight is 564 g/mol. The third-order valence-corrected chi connectivity index (χ3v) is 9.97. The number of unbranched alkanes of at least 4 members (excludes halogenated alkanes) is 8. The van der Waals surface area contributed by atoms with Gasteiger partial charge in [0, 0.05) is 18.0 Å². The maximum atomic E-state index is 13.3. The number of rotatable bonds is 17. The number of aryl methyl sites for hydroxylation is 1. The molecule has 1 N–H and O–H groups in total. The second-order valence-corrected chi connectivity index (χ2v) is 13.3. The van der Waals surface area contributed by atoms with Crippen molar-refractivity contribution in [3.8, 4) is 12.3 Å². The summed E-state index contributed by atoms with van der Waals surface area (Å²) in [6.07, 6.45) is 32.6. The third-order valence-electron chi connectivity index (χ3n) is 8.59. The van der Waals surface area contributed by atoms with E-state index in [0.29, 0.717) is 18.5 Å². The molecule has 2 bridgehead atoms. The molecule has 0 saturated heterocycles. The summed E-state index contributed by atoms with van der Waals surface area (Å²) < 4.78 is 29.5. The molecule has 1 aromatic rings. The highest BCUT2D eigenvalue weighted by Gasteiger charge is 2.48. The van der Waals surface area contributed by atoms with E-state index in [2.05, 4.69) is 41.9 Å². The summed E-state index contributed by atoms with van der Waals surface area (Å²) in [6, 6.07) is 6.82. The first-order valence-corrected chi connectivity index (χ1v) is 16.9. The van der Waals surface area contributed by atoms with Gasteiger partial charge in [-0.15, -0.1) is 6.42 Å².